The number of hydrogen-bond acceptors (Lipinski definition) is 4. The number of halogens is 3. The zero-order valence-electron chi connectivity index (χ0n) is 17.3. The molecule has 2 N–H and O–H groups in total. The van der Waals surface area contributed by atoms with Gasteiger partial charge >= 0.3 is 0 Å². The van der Waals surface area contributed by atoms with Gasteiger partial charge in [-0.15, -0.1) is 0 Å². The third-order valence-electron chi connectivity index (χ3n) is 3.75. The van der Waals surface area contributed by atoms with Crippen LogP contribution in [0, 0.1) is 6.92 Å². The molecule has 0 unspecified atom stereocenters. The van der Waals surface area contributed by atoms with Gasteiger partial charge < -0.3 is 10.6 Å². The molecule has 0 radical (unpaired) electrons. The number of nitrogens with zero attached hydrogens (tertiary/aromatic N) is 3. The summed E-state index contributed by atoms with van der Waals surface area (Å²) in [5.74, 6) is -1.31. The number of carbonyl (C=O) groups excluding carboxylic acids is 2. The van der Waals surface area contributed by atoms with Crippen molar-refractivity contribution in [1.29, 1.82) is 0 Å². The van der Waals surface area contributed by atoms with E-state index < -0.39 is 18.8 Å². The van der Waals surface area contributed by atoms with Crippen molar-refractivity contribution in [3.05, 3.63) is 68.0 Å². The topological polar surface area (TPSA) is 88.9 Å². The SMILES string of the molecule is [3H]C([3H])([3H])NC(=O)c1cc(Cl)cc(C)c1NC(=O)c1cc(Br)nn1-c1ncccc1Cl. The molecule has 0 saturated heterocycles. The van der Waals surface area contributed by atoms with E-state index in [9.17, 15) is 9.59 Å². The van der Waals surface area contributed by atoms with Crippen LogP contribution in [-0.4, -0.2) is 33.6 Å². The smallest absolute Gasteiger partial charge is 0.274 e. The lowest BCUT2D eigenvalue weighted by Crippen LogP contribution is -2.23. The summed E-state index contributed by atoms with van der Waals surface area (Å²) >= 11 is 15.5. The number of anilines is 1. The maximum atomic E-state index is 13.1. The second-order valence-electron chi connectivity index (χ2n) is 5.63. The zero-order chi connectivity index (χ0) is 22.9. The maximum absolute atomic E-state index is 13.1. The van der Waals surface area contributed by atoms with Crippen molar-refractivity contribution in [2.45, 2.75) is 6.92 Å². The van der Waals surface area contributed by atoms with Gasteiger partial charge in [-0.25, -0.2) is 9.67 Å². The molecule has 144 valence electrons. The van der Waals surface area contributed by atoms with Crippen molar-refractivity contribution < 1.29 is 13.7 Å². The highest BCUT2D eigenvalue weighted by molar-refractivity contribution is 9.10. The van der Waals surface area contributed by atoms with Gasteiger partial charge in [-0.2, -0.15) is 5.10 Å². The van der Waals surface area contributed by atoms with Crippen molar-refractivity contribution in [3.8, 4) is 5.82 Å². The summed E-state index contributed by atoms with van der Waals surface area (Å²) in [5.41, 5.74) is 0.532. The standard InChI is InChI=1S/C18H14BrCl2N5O2/c1-9-6-10(20)7-11(17(27)22-2)15(9)24-18(28)13-8-14(19)25-26(13)16-12(21)4-3-5-23-16/h3-8H,1-2H3,(H,22,27)(H,24,28)/i2T3. The van der Waals surface area contributed by atoms with Gasteiger partial charge in [0.2, 0.25) is 0 Å². The molecule has 2 aromatic heterocycles. The van der Waals surface area contributed by atoms with Gasteiger partial charge in [0.05, 0.1) is 16.3 Å². The van der Waals surface area contributed by atoms with E-state index in [0.717, 1.165) is 0 Å². The van der Waals surface area contributed by atoms with E-state index in [-0.39, 0.29) is 32.8 Å². The molecule has 0 spiro atoms. The van der Waals surface area contributed by atoms with Crippen LogP contribution in [0.2, 0.25) is 10.0 Å². The average Bonchev–Trinajstić information content (AvgIpc) is 3.04. The molecule has 0 bridgehead atoms. The maximum Gasteiger partial charge on any atom is 0.274 e. The number of nitrogens with one attached hydrogen (secondary N) is 2. The number of aryl methyl sites for hydroxylation is 1. The molecule has 3 rings (SSSR count). The minimum atomic E-state index is -2.71. The van der Waals surface area contributed by atoms with Crippen LogP contribution in [0.4, 0.5) is 5.69 Å². The highest BCUT2D eigenvalue weighted by Gasteiger charge is 2.22. The molecule has 0 fully saturated rings. The Morgan fingerprint density at radius 3 is 2.75 bits per heavy atom. The number of rotatable bonds is 4. The molecule has 10 heteroatoms. The lowest BCUT2D eigenvalue weighted by molar-refractivity contribution is 0.0964. The summed E-state index contributed by atoms with van der Waals surface area (Å²) in [6, 6.07) is 7.49. The molecule has 3 aromatic rings. The molecule has 28 heavy (non-hydrogen) atoms. The predicted molar refractivity (Wildman–Crippen MR) is 112 cm³/mol. The molecular weight excluding hydrogens is 469 g/mol. The van der Waals surface area contributed by atoms with Gasteiger partial charge in [-0.05, 0) is 52.7 Å². The fraction of sp³-hybridized carbons (Fsp3) is 0.111. The first-order valence-corrected chi connectivity index (χ1v) is 9.31. The van der Waals surface area contributed by atoms with E-state index in [4.69, 9.17) is 27.3 Å². The van der Waals surface area contributed by atoms with Crippen LogP contribution in [0.25, 0.3) is 5.82 Å². The molecule has 1 aromatic carbocycles. The molecule has 2 amide bonds. The zero-order valence-corrected chi connectivity index (χ0v) is 17.4. The first-order chi connectivity index (χ1) is 14.5. The number of benzene rings is 1. The van der Waals surface area contributed by atoms with Crippen molar-refractivity contribution in [1.82, 2.24) is 20.1 Å². The minimum absolute atomic E-state index is 0.0732. The van der Waals surface area contributed by atoms with E-state index in [2.05, 4.69) is 31.3 Å². The van der Waals surface area contributed by atoms with E-state index in [1.165, 1.54) is 29.1 Å². The van der Waals surface area contributed by atoms with E-state index >= 15 is 0 Å². The number of aromatic nitrogens is 3. The van der Waals surface area contributed by atoms with E-state index in [1.54, 1.807) is 19.1 Å². The van der Waals surface area contributed by atoms with Crippen LogP contribution < -0.4 is 10.6 Å². The van der Waals surface area contributed by atoms with Gasteiger partial charge in [-0.1, -0.05) is 23.2 Å². The Labute approximate surface area is 183 Å². The summed E-state index contributed by atoms with van der Waals surface area (Å²) in [4.78, 5) is 29.7. The Morgan fingerprint density at radius 1 is 1.25 bits per heavy atom. The summed E-state index contributed by atoms with van der Waals surface area (Å²) < 4.78 is 23.4. The molecule has 0 saturated carbocycles. The van der Waals surface area contributed by atoms with Crippen LogP contribution >= 0.6 is 39.1 Å². The number of pyridine rings is 1. The van der Waals surface area contributed by atoms with Crippen molar-refractivity contribution in [3.63, 3.8) is 0 Å². The van der Waals surface area contributed by atoms with E-state index in [1.807, 2.05) is 5.32 Å². The lowest BCUT2D eigenvalue weighted by Gasteiger charge is -2.14. The Balaban J connectivity index is 2.02. The van der Waals surface area contributed by atoms with Gasteiger partial charge in [0.25, 0.3) is 11.8 Å². The lowest BCUT2D eigenvalue weighted by atomic mass is 10.1. The normalized spacial score (nSPS) is 12.6. The first-order valence-electron chi connectivity index (χ1n) is 9.27. The minimum Gasteiger partial charge on any atom is -0.355 e. The third-order valence-corrected chi connectivity index (χ3v) is 4.65. The Morgan fingerprint density at radius 2 is 2.04 bits per heavy atom. The van der Waals surface area contributed by atoms with Gasteiger partial charge in [0.15, 0.2) is 5.82 Å². The fourth-order valence-corrected chi connectivity index (χ4v) is 3.39. The highest BCUT2D eigenvalue weighted by atomic mass is 79.9. The second-order valence-corrected chi connectivity index (χ2v) is 7.28. The van der Waals surface area contributed by atoms with Gasteiger partial charge in [0, 0.05) is 28.4 Å². The van der Waals surface area contributed by atoms with Crippen LogP contribution in [0.3, 0.4) is 0 Å². The second kappa shape index (κ2) is 8.30. The molecule has 7 nitrogen and oxygen atoms in total. The largest absolute Gasteiger partial charge is 0.355 e. The van der Waals surface area contributed by atoms with Crippen molar-refractivity contribution >= 4 is 56.6 Å². The highest BCUT2D eigenvalue weighted by Crippen LogP contribution is 2.27. The summed E-state index contributed by atoms with van der Waals surface area (Å²) in [7, 11) is 0. The van der Waals surface area contributed by atoms with Gasteiger partial charge in [0.1, 0.15) is 10.3 Å². The van der Waals surface area contributed by atoms with Gasteiger partial charge in [-0.3, -0.25) is 9.59 Å². The monoisotopic (exact) mass is 487 g/mol. The van der Waals surface area contributed by atoms with Crippen LogP contribution in [0.1, 0.15) is 30.5 Å². The fourth-order valence-electron chi connectivity index (χ4n) is 2.54. The van der Waals surface area contributed by atoms with Crippen LogP contribution in [0.5, 0.6) is 0 Å². The molecule has 0 aliphatic heterocycles. The average molecular weight is 489 g/mol. The predicted octanol–water partition coefficient (Wildman–Crippen LogP) is 4.26. The molecule has 0 aliphatic rings. The summed E-state index contributed by atoms with van der Waals surface area (Å²) in [6.07, 6.45) is 1.50. The molecule has 2 heterocycles. The van der Waals surface area contributed by atoms with E-state index in [0.29, 0.717) is 10.2 Å². The number of carbonyl (C=O) groups is 2. The Kier molecular flexibility index (Phi) is 4.90. The Hall–Kier alpha value is -2.42. The van der Waals surface area contributed by atoms with Crippen molar-refractivity contribution in [2.75, 3.05) is 12.3 Å². The number of amides is 2. The molecule has 0 aliphatic carbocycles. The first kappa shape index (κ1) is 16.5. The quantitative estimate of drug-likeness (QED) is 0.574. The van der Waals surface area contributed by atoms with Crippen LogP contribution in [-0.2, 0) is 0 Å². The molecular formula is C18H14BrCl2N5O2. The van der Waals surface area contributed by atoms with Crippen LogP contribution in [0.15, 0.2) is 41.1 Å². The third kappa shape index (κ3) is 4.04. The Bertz CT molecular complexity index is 1180. The summed E-state index contributed by atoms with van der Waals surface area (Å²) in [5, 5.41) is 9.20. The number of hydrogen-bond donors (Lipinski definition) is 2. The summed E-state index contributed by atoms with van der Waals surface area (Å²) in [6.45, 7) is -1.09. The molecule has 0 atom stereocenters. The van der Waals surface area contributed by atoms with Crippen molar-refractivity contribution in [2.24, 2.45) is 0 Å².